The second-order valence-electron chi connectivity index (χ2n) is 6.46. The Kier molecular flexibility index (Phi) is 5.40. The second-order valence-corrected chi connectivity index (χ2v) is 7.46. The Balaban J connectivity index is 2.43. The van der Waals surface area contributed by atoms with Gasteiger partial charge in [-0.1, -0.05) is 0 Å². The van der Waals surface area contributed by atoms with E-state index in [9.17, 15) is 4.79 Å². The number of carbonyl (C=O) groups excluding carboxylic acids is 1. The minimum atomic E-state index is 0.0608. The number of hydrogen-bond donors (Lipinski definition) is 0. The van der Waals surface area contributed by atoms with Crippen LogP contribution in [0.3, 0.4) is 0 Å². The lowest BCUT2D eigenvalue weighted by molar-refractivity contribution is -0.123. The van der Waals surface area contributed by atoms with Crippen LogP contribution < -0.4 is 0 Å². The van der Waals surface area contributed by atoms with E-state index in [1.807, 2.05) is 33.8 Å². The fraction of sp³-hybridized carbons (Fsp3) is 0.556. The highest BCUT2D eigenvalue weighted by atomic mass is 32.2. The van der Waals surface area contributed by atoms with E-state index >= 15 is 0 Å². The number of carbonyl (C=O) groups is 1. The van der Waals surface area contributed by atoms with E-state index in [1.54, 1.807) is 4.90 Å². The Hall–Kier alpha value is -1.49. The molecule has 23 heavy (non-hydrogen) atoms. The number of aryl methyl sites for hydroxylation is 1. The lowest BCUT2D eigenvalue weighted by Crippen LogP contribution is -2.35. The summed E-state index contributed by atoms with van der Waals surface area (Å²) in [4.78, 5) is 19.9. The van der Waals surface area contributed by atoms with Gasteiger partial charge in [-0.25, -0.2) is 0 Å². The molecule has 0 N–H and O–H groups in total. The minimum absolute atomic E-state index is 0.0608. The quantitative estimate of drug-likeness (QED) is 0.774. The Labute approximate surface area is 143 Å². The van der Waals surface area contributed by atoms with Crippen LogP contribution in [0.15, 0.2) is 16.0 Å². The van der Waals surface area contributed by atoms with E-state index in [-0.39, 0.29) is 18.0 Å². The number of aliphatic imine (C=N–C) groups is 1. The molecule has 0 atom stereocenters. The zero-order chi connectivity index (χ0) is 17.3. The first-order valence-electron chi connectivity index (χ1n) is 8.23. The summed E-state index contributed by atoms with van der Waals surface area (Å²) < 4.78 is 2.26. The maximum atomic E-state index is 12.8. The highest BCUT2D eigenvalue weighted by Crippen LogP contribution is 2.35. The van der Waals surface area contributed by atoms with Crippen LogP contribution in [0.25, 0.3) is 6.08 Å². The third kappa shape index (κ3) is 3.55. The topological polar surface area (TPSA) is 37.6 Å². The first-order chi connectivity index (χ1) is 10.8. The van der Waals surface area contributed by atoms with Gasteiger partial charge in [0.25, 0.3) is 5.91 Å². The predicted molar refractivity (Wildman–Crippen MR) is 99.7 cm³/mol. The van der Waals surface area contributed by atoms with Crippen molar-refractivity contribution >= 4 is 28.9 Å². The van der Waals surface area contributed by atoms with Gasteiger partial charge in [0.05, 0.1) is 4.91 Å². The Morgan fingerprint density at radius 3 is 2.39 bits per heavy atom. The van der Waals surface area contributed by atoms with Gasteiger partial charge in [-0.15, -0.1) is 0 Å². The number of amidine groups is 1. The molecule has 2 heterocycles. The number of rotatable bonds is 4. The average Bonchev–Trinajstić information content (AvgIpc) is 2.87. The van der Waals surface area contributed by atoms with Crippen molar-refractivity contribution < 1.29 is 4.79 Å². The summed E-state index contributed by atoms with van der Waals surface area (Å²) >= 11 is 1.49. The van der Waals surface area contributed by atoms with Crippen LogP contribution in [-0.4, -0.2) is 32.6 Å². The molecule has 1 saturated heterocycles. The van der Waals surface area contributed by atoms with E-state index < -0.39 is 0 Å². The number of nitrogens with zero attached hydrogens (tertiary/aromatic N) is 3. The Morgan fingerprint density at radius 1 is 1.26 bits per heavy atom. The minimum Gasteiger partial charge on any atom is -0.349 e. The smallest absolute Gasteiger partial charge is 0.266 e. The summed E-state index contributed by atoms with van der Waals surface area (Å²) in [6, 6.07) is 2.44. The van der Waals surface area contributed by atoms with Crippen molar-refractivity contribution in [2.75, 3.05) is 0 Å². The molecule has 0 spiro atoms. The zero-order valence-electron chi connectivity index (χ0n) is 15.2. The molecule has 1 aliphatic heterocycles. The van der Waals surface area contributed by atoms with Gasteiger partial charge in [0.1, 0.15) is 0 Å². The van der Waals surface area contributed by atoms with Crippen molar-refractivity contribution in [2.24, 2.45) is 4.99 Å². The van der Waals surface area contributed by atoms with Crippen LogP contribution in [0.1, 0.15) is 51.6 Å². The normalized spacial score (nSPS) is 19.2. The fourth-order valence-electron chi connectivity index (χ4n) is 2.85. The van der Waals surface area contributed by atoms with Crippen molar-refractivity contribution in [3.63, 3.8) is 0 Å². The van der Waals surface area contributed by atoms with Crippen LogP contribution in [0.4, 0.5) is 0 Å². The Bertz CT molecular complexity index is 668. The summed E-state index contributed by atoms with van der Waals surface area (Å²) in [6.07, 6.45) is 2.01. The lowest BCUT2D eigenvalue weighted by atomic mass is 10.2. The van der Waals surface area contributed by atoms with E-state index in [0.29, 0.717) is 0 Å². The molecular formula is C18H27N3OS. The maximum absolute atomic E-state index is 12.8. The second kappa shape index (κ2) is 6.95. The van der Waals surface area contributed by atoms with Crippen LogP contribution in [0.5, 0.6) is 0 Å². The third-order valence-electron chi connectivity index (χ3n) is 3.94. The summed E-state index contributed by atoms with van der Waals surface area (Å²) in [5.41, 5.74) is 3.55. The van der Waals surface area contributed by atoms with E-state index in [0.717, 1.165) is 22.2 Å². The van der Waals surface area contributed by atoms with Gasteiger partial charge in [0.2, 0.25) is 0 Å². The average molecular weight is 334 g/mol. The lowest BCUT2D eigenvalue weighted by Gasteiger charge is -2.20. The monoisotopic (exact) mass is 333 g/mol. The fourth-order valence-corrected chi connectivity index (χ4v) is 4.08. The third-order valence-corrected chi connectivity index (χ3v) is 4.93. The van der Waals surface area contributed by atoms with Crippen LogP contribution >= 0.6 is 11.8 Å². The molecule has 1 aromatic heterocycles. The van der Waals surface area contributed by atoms with Gasteiger partial charge in [0, 0.05) is 30.0 Å². The number of hydrogen-bond acceptors (Lipinski definition) is 3. The highest BCUT2D eigenvalue weighted by Gasteiger charge is 2.35. The Morgan fingerprint density at radius 2 is 1.91 bits per heavy atom. The van der Waals surface area contributed by atoms with Crippen molar-refractivity contribution in [3.05, 3.63) is 27.9 Å². The first-order valence-corrected chi connectivity index (χ1v) is 9.05. The van der Waals surface area contributed by atoms with Gasteiger partial charge in [-0.05, 0) is 77.9 Å². The van der Waals surface area contributed by atoms with Crippen molar-refractivity contribution in [1.82, 2.24) is 9.47 Å². The van der Waals surface area contributed by atoms with E-state index in [1.165, 1.54) is 23.1 Å². The van der Waals surface area contributed by atoms with Gasteiger partial charge in [0.15, 0.2) is 5.17 Å². The number of aromatic nitrogens is 1. The molecule has 0 aromatic carbocycles. The van der Waals surface area contributed by atoms with Crippen molar-refractivity contribution in [3.8, 4) is 0 Å². The summed E-state index contributed by atoms with van der Waals surface area (Å²) in [7, 11) is 0. The standard InChI is InChI=1S/C18H27N3OS/c1-8-20-13(6)9-15(14(20)7)10-16-17(22)21(12(4)5)18(23-16)19-11(2)3/h9-12H,8H2,1-7H3/b16-10+,19-18?. The molecule has 1 aromatic rings. The largest absolute Gasteiger partial charge is 0.349 e. The van der Waals surface area contributed by atoms with Gasteiger partial charge < -0.3 is 4.57 Å². The predicted octanol–water partition coefficient (Wildman–Crippen LogP) is 4.21. The van der Waals surface area contributed by atoms with Crippen molar-refractivity contribution in [1.29, 1.82) is 0 Å². The molecule has 1 amide bonds. The molecule has 4 nitrogen and oxygen atoms in total. The zero-order valence-corrected chi connectivity index (χ0v) is 16.0. The maximum Gasteiger partial charge on any atom is 0.266 e. The highest BCUT2D eigenvalue weighted by molar-refractivity contribution is 8.18. The molecule has 0 aliphatic carbocycles. The molecule has 126 valence electrons. The summed E-state index contributed by atoms with van der Waals surface area (Å²) in [6.45, 7) is 15.4. The first kappa shape index (κ1) is 17.9. The molecular weight excluding hydrogens is 306 g/mol. The summed E-state index contributed by atoms with van der Waals surface area (Å²) in [5.74, 6) is 0.0608. The molecule has 0 bridgehead atoms. The molecule has 2 rings (SSSR count). The van der Waals surface area contributed by atoms with E-state index in [2.05, 4.69) is 36.4 Å². The molecule has 0 saturated carbocycles. The number of amides is 1. The van der Waals surface area contributed by atoms with E-state index in [4.69, 9.17) is 0 Å². The molecule has 5 heteroatoms. The van der Waals surface area contributed by atoms with Crippen LogP contribution in [0.2, 0.25) is 0 Å². The van der Waals surface area contributed by atoms with Gasteiger partial charge in [-0.2, -0.15) is 0 Å². The SMILES string of the molecule is CCn1c(C)cc(/C=C2/SC(=NC(C)C)N(C(C)C)C2=O)c1C. The summed E-state index contributed by atoms with van der Waals surface area (Å²) in [5, 5.41) is 0.815. The van der Waals surface area contributed by atoms with Crippen molar-refractivity contribution in [2.45, 2.75) is 67.1 Å². The molecule has 0 radical (unpaired) electrons. The molecule has 1 fully saturated rings. The van der Waals surface area contributed by atoms with Gasteiger partial charge >= 0.3 is 0 Å². The van der Waals surface area contributed by atoms with Crippen LogP contribution in [-0.2, 0) is 11.3 Å². The van der Waals surface area contributed by atoms with Gasteiger partial charge in [-0.3, -0.25) is 14.7 Å². The number of thioether (sulfide) groups is 1. The molecule has 1 aliphatic rings. The molecule has 0 unspecified atom stereocenters. The van der Waals surface area contributed by atoms with Crippen LogP contribution in [0, 0.1) is 13.8 Å².